The van der Waals surface area contributed by atoms with E-state index in [1.54, 1.807) is 18.9 Å². The number of ether oxygens (including phenoxy) is 1. The topological polar surface area (TPSA) is 26.3 Å². The number of methoxy groups -OCH3 is 1. The molecular formula is C16H18O2S2. The van der Waals surface area contributed by atoms with Crippen LogP contribution in [0, 0.1) is 0 Å². The second-order valence-corrected chi connectivity index (χ2v) is 6.66. The summed E-state index contributed by atoms with van der Waals surface area (Å²) in [5.74, 6) is 0.845. The molecule has 2 aromatic rings. The summed E-state index contributed by atoms with van der Waals surface area (Å²) >= 11 is 2.86. The first kappa shape index (κ1) is 15.3. The van der Waals surface area contributed by atoms with Gasteiger partial charge in [0.05, 0.1) is 7.11 Å². The van der Waals surface area contributed by atoms with E-state index in [1.807, 2.05) is 43.7 Å². The van der Waals surface area contributed by atoms with E-state index >= 15 is 0 Å². The molecule has 0 aliphatic heterocycles. The highest BCUT2D eigenvalue weighted by Gasteiger charge is 2.33. The third-order valence-electron chi connectivity index (χ3n) is 3.58. The maximum atomic E-state index is 12.2. The van der Waals surface area contributed by atoms with E-state index in [1.165, 1.54) is 11.8 Å². The first-order chi connectivity index (χ1) is 9.55. The predicted octanol–water partition coefficient (Wildman–Crippen LogP) is 4.32. The van der Waals surface area contributed by atoms with E-state index < -0.39 is 4.75 Å². The molecule has 0 amide bonds. The predicted molar refractivity (Wildman–Crippen MR) is 89.9 cm³/mol. The van der Waals surface area contributed by atoms with Crippen molar-refractivity contribution in [3.63, 3.8) is 0 Å². The molecule has 0 bridgehead atoms. The molecule has 0 saturated carbocycles. The zero-order chi connectivity index (χ0) is 14.8. The van der Waals surface area contributed by atoms with Crippen LogP contribution in [0.3, 0.4) is 0 Å². The second kappa shape index (κ2) is 6.10. The number of hydrogen-bond acceptors (Lipinski definition) is 4. The summed E-state index contributed by atoms with van der Waals surface area (Å²) in [7, 11) is 1.66. The maximum absolute atomic E-state index is 12.2. The minimum atomic E-state index is -0.506. The Bertz CT molecular complexity index is 639. The number of hydrogen-bond donors (Lipinski definition) is 0. The van der Waals surface area contributed by atoms with Gasteiger partial charge < -0.3 is 4.74 Å². The summed E-state index contributed by atoms with van der Waals surface area (Å²) < 4.78 is 4.73. The molecule has 0 aromatic heterocycles. The van der Waals surface area contributed by atoms with Crippen molar-refractivity contribution in [2.75, 3.05) is 19.6 Å². The molecule has 0 heterocycles. The molecule has 2 nitrogen and oxygen atoms in total. The van der Waals surface area contributed by atoms with Gasteiger partial charge in [0.15, 0.2) is 0 Å². The van der Waals surface area contributed by atoms with Crippen LogP contribution >= 0.6 is 23.5 Å². The Morgan fingerprint density at radius 2 is 1.75 bits per heavy atom. The van der Waals surface area contributed by atoms with Crippen LogP contribution in [0.1, 0.15) is 12.5 Å². The van der Waals surface area contributed by atoms with Gasteiger partial charge in [-0.1, -0.05) is 30.0 Å². The molecule has 0 aliphatic rings. The number of carbonyl (C=O) groups is 1. The van der Waals surface area contributed by atoms with E-state index in [2.05, 4.69) is 12.1 Å². The van der Waals surface area contributed by atoms with Crippen LogP contribution in [-0.4, -0.2) is 24.7 Å². The minimum absolute atomic E-state index is 0.179. The van der Waals surface area contributed by atoms with Gasteiger partial charge in [-0.2, -0.15) is 0 Å². The lowest BCUT2D eigenvalue weighted by Crippen LogP contribution is -2.26. The number of thioether (sulfide) groups is 2. The van der Waals surface area contributed by atoms with Gasteiger partial charge in [0, 0.05) is 0 Å². The van der Waals surface area contributed by atoms with E-state index in [9.17, 15) is 4.79 Å². The van der Waals surface area contributed by atoms with Crippen LogP contribution in [0.25, 0.3) is 10.8 Å². The Labute approximate surface area is 128 Å². The first-order valence-corrected chi connectivity index (χ1v) is 8.72. The van der Waals surface area contributed by atoms with E-state index in [-0.39, 0.29) is 5.12 Å². The van der Waals surface area contributed by atoms with Gasteiger partial charge in [-0.3, -0.25) is 4.79 Å². The van der Waals surface area contributed by atoms with Crippen molar-refractivity contribution in [2.24, 2.45) is 0 Å². The van der Waals surface area contributed by atoms with E-state index in [0.29, 0.717) is 0 Å². The molecule has 2 rings (SSSR count). The molecule has 2 aromatic carbocycles. The molecule has 4 heteroatoms. The fourth-order valence-corrected chi connectivity index (χ4v) is 3.70. The Hall–Kier alpha value is -1.13. The lowest BCUT2D eigenvalue weighted by molar-refractivity contribution is -0.112. The van der Waals surface area contributed by atoms with Crippen LogP contribution in [0.5, 0.6) is 5.75 Å². The Morgan fingerprint density at radius 3 is 2.35 bits per heavy atom. The van der Waals surface area contributed by atoms with Gasteiger partial charge in [0.1, 0.15) is 10.5 Å². The SMILES string of the molecule is COc1ccc2cc(C(C)(SC)C(=O)SC)ccc2c1. The fourth-order valence-electron chi connectivity index (χ4n) is 2.16. The van der Waals surface area contributed by atoms with Crippen molar-refractivity contribution in [1.82, 2.24) is 0 Å². The van der Waals surface area contributed by atoms with Crippen LogP contribution in [0.2, 0.25) is 0 Å². The lowest BCUT2D eigenvalue weighted by atomic mass is 9.98. The molecule has 0 spiro atoms. The Morgan fingerprint density at radius 1 is 1.10 bits per heavy atom. The molecule has 0 fully saturated rings. The first-order valence-electron chi connectivity index (χ1n) is 6.27. The molecule has 20 heavy (non-hydrogen) atoms. The minimum Gasteiger partial charge on any atom is -0.497 e. The largest absolute Gasteiger partial charge is 0.497 e. The monoisotopic (exact) mass is 306 g/mol. The summed E-state index contributed by atoms with van der Waals surface area (Å²) in [6.07, 6.45) is 3.81. The Balaban J connectivity index is 2.53. The van der Waals surface area contributed by atoms with Crippen molar-refractivity contribution < 1.29 is 9.53 Å². The fraction of sp³-hybridized carbons (Fsp3) is 0.312. The molecular weight excluding hydrogens is 288 g/mol. The average molecular weight is 306 g/mol. The third kappa shape index (κ3) is 2.67. The van der Waals surface area contributed by atoms with Crippen molar-refractivity contribution in [2.45, 2.75) is 11.7 Å². The number of benzene rings is 2. The van der Waals surface area contributed by atoms with Crippen molar-refractivity contribution in [1.29, 1.82) is 0 Å². The van der Waals surface area contributed by atoms with Gasteiger partial charge in [0.25, 0.3) is 0 Å². The summed E-state index contributed by atoms with van der Waals surface area (Å²) in [6, 6.07) is 12.2. The molecule has 106 valence electrons. The smallest absolute Gasteiger partial charge is 0.208 e. The highest BCUT2D eigenvalue weighted by atomic mass is 32.2. The average Bonchev–Trinajstić information content (AvgIpc) is 2.52. The van der Waals surface area contributed by atoms with Crippen molar-refractivity contribution >= 4 is 39.4 Å². The summed E-state index contributed by atoms with van der Waals surface area (Å²) in [5, 5.41) is 2.42. The van der Waals surface area contributed by atoms with Gasteiger partial charge in [-0.05, 0) is 54.0 Å². The molecule has 1 atom stereocenters. The molecule has 0 radical (unpaired) electrons. The maximum Gasteiger partial charge on any atom is 0.208 e. The highest BCUT2D eigenvalue weighted by Crippen LogP contribution is 2.39. The zero-order valence-corrected chi connectivity index (χ0v) is 13.7. The van der Waals surface area contributed by atoms with Gasteiger partial charge in [-0.25, -0.2) is 0 Å². The molecule has 0 N–H and O–H groups in total. The van der Waals surface area contributed by atoms with Crippen LogP contribution < -0.4 is 4.74 Å². The summed E-state index contributed by atoms with van der Waals surface area (Å²) in [4.78, 5) is 12.2. The molecule has 0 aliphatic carbocycles. The van der Waals surface area contributed by atoms with Gasteiger partial charge >= 0.3 is 0 Å². The number of rotatable bonds is 4. The van der Waals surface area contributed by atoms with Crippen LogP contribution in [-0.2, 0) is 9.54 Å². The van der Waals surface area contributed by atoms with E-state index in [4.69, 9.17) is 4.74 Å². The van der Waals surface area contributed by atoms with Crippen LogP contribution in [0.4, 0.5) is 0 Å². The zero-order valence-electron chi connectivity index (χ0n) is 12.1. The normalized spacial score (nSPS) is 14.0. The van der Waals surface area contributed by atoms with E-state index in [0.717, 1.165) is 22.1 Å². The number of carbonyl (C=O) groups excluding carboxylic acids is 1. The quantitative estimate of drug-likeness (QED) is 0.840. The second-order valence-electron chi connectivity index (χ2n) is 4.66. The van der Waals surface area contributed by atoms with Crippen LogP contribution in [0.15, 0.2) is 36.4 Å². The van der Waals surface area contributed by atoms with Crippen molar-refractivity contribution in [3.05, 3.63) is 42.0 Å². The third-order valence-corrected chi connectivity index (χ3v) is 5.73. The number of fused-ring (bicyclic) bond motifs is 1. The standard InChI is InChI=1S/C16H18O2S2/c1-16(20-4,15(17)19-3)13-7-5-12-10-14(18-2)8-6-11(12)9-13/h5-10H,1-4H3. The summed E-state index contributed by atoms with van der Waals surface area (Å²) in [5.41, 5.74) is 1.04. The van der Waals surface area contributed by atoms with Crippen molar-refractivity contribution in [3.8, 4) is 5.75 Å². The molecule has 1 unspecified atom stereocenters. The summed E-state index contributed by atoms with van der Waals surface area (Å²) in [6.45, 7) is 1.99. The highest BCUT2D eigenvalue weighted by molar-refractivity contribution is 8.15. The Kier molecular flexibility index (Phi) is 4.66. The van der Waals surface area contributed by atoms with Gasteiger partial charge in [0.2, 0.25) is 5.12 Å². The van der Waals surface area contributed by atoms with Gasteiger partial charge in [-0.15, -0.1) is 11.8 Å². The molecule has 0 saturated heterocycles. The lowest BCUT2D eigenvalue weighted by Gasteiger charge is -2.25.